The third-order valence-corrected chi connectivity index (χ3v) is 8.79. The molecule has 2 unspecified atom stereocenters. The molecule has 0 spiro atoms. The van der Waals surface area contributed by atoms with Crippen molar-refractivity contribution >= 4 is 5.70 Å². The number of allylic oxidation sites excluding steroid dienone is 3. The summed E-state index contributed by atoms with van der Waals surface area (Å²) in [5, 5.41) is 0. The van der Waals surface area contributed by atoms with Crippen molar-refractivity contribution in [2.24, 2.45) is 0 Å². The Kier molecular flexibility index (Phi) is 9.55. The topological polar surface area (TPSA) is 41.4 Å². The third kappa shape index (κ3) is 6.08. The highest BCUT2D eigenvalue weighted by Crippen LogP contribution is 2.43. The van der Waals surface area contributed by atoms with Crippen LogP contribution in [0.3, 0.4) is 0 Å². The minimum atomic E-state index is -0.188. The van der Waals surface area contributed by atoms with E-state index in [2.05, 4.69) is 82.4 Å². The van der Waals surface area contributed by atoms with E-state index in [9.17, 15) is 0 Å². The zero-order chi connectivity index (χ0) is 28.6. The van der Waals surface area contributed by atoms with Crippen LogP contribution in [0.1, 0.15) is 75.6 Å². The predicted molar refractivity (Wildman–Crippen MR) is 163 cm³/mol. The number of ether oxygens (including phenoxy) is 4. The lowest BCUT2D eigenvalue weighted by Gasteiger charge is -2.36. The Morgan fingerprint density at radius 3 is 2.45 bits per heavy atom. The first-order valence-corrected chi connectivity index (χ1v) is 15.3. The van der Waals surface area contributed by atoms with Crippen LogP contribution in [0.15, 0.2) is 77.2 Å². The summed E-state index contributed by atoms with van der Waals surface area (Å²) in [7, 11) is 1.76. The molecule has 3 aliphatic heterocycles. The summed E-state index contributed by atoms with van der Waals surface area (Å²) < 4.78 is 24.0. The average Bonchev–Trinajstić information content (AvgIpc) is 3.43. The van der Waals surface area contributed by atoms with Crippen LogP contribution in [-0.2, 0) is 27.7 Å². The van der Waals surface area contributed by atoms with Gasteiger partial charge in [0.1, 0.15) is 23.8 Å². The van der Waals surface area contributed by atoms with Gasteiger partial charge in [-0.3, -0.25) is 4.90 Å². The third-order valence-electron chi connectivity index (χ3n) is 8.79. The second-order valence-electron chi connectivity index (χ2n) is 12.6. The molecule has 42 heavy (non-hydrogen) atoms. The maximum Gasteiger partial charge on any atom is 0.231 e. The molecule has 5 nitrogen and oxygen atoms in total. The molecule has 0 bridgehead atoms. The van der Waals surface area contributed by atoms with Crippen molar-refractivity contribution in [3.8, 4) is 11.5 Å². The van der Waals surface area contributed by atoms with Gasteiger partial charge >= 0.3 is 0 Å². The van der Waals surface area contributed by atoms with Gasteiger partial charge in [0, 0.05) is 36.2 Å². The fourth-order valence-electron chi connectivity index (χ4n) is 6.47. The van der Waals surface area contributed by atoms with E-state index < -0.39 is 0 Å². The number of quaternary nitrogens is 1. The van der Waals surface area contributed by atoms with Crippen LogP contribution < -0.4 is 38.4 Å². The second kappa shape index (κ2) is 13.0. The number of hydrogen-bond acceptors (Lipinski definition) is 4. The number of hydrogen-bond donors (Lipinski definition) is 1. The SMILES string of the molecule is CCCCCCOC1C(OC)=CC=C2C1=C[NH+]1CCc3cc4c(cc3C1=C2Cc1ccc(C(C)(C)C)cc1)OCO4.[I-]. The number of halogens is 1. The van der Waals surface area contributed by atoms with E-state index in [0.29, 0.717) is 0 Å². The van der Waals surface area contributed by atoms with E-state index in [-0.39, 0.29) is 42.3 Å². The molecule has 6 heteroatoms. The van der Waals surface area contributed by atoms with Crippen LogP contribution in [0.5, 0.6) is 11.5 Å². The maximum absolute atomic E-state index is 6.59. The predicted octanol–water partition coefficient (Wildman–Crippen LogP) is 3.44. The van der Waals surface area contributed by atoms with Crippen molar-refractivity contribution in [3.63, 3.8) is 0 Å². The number of nitrogens with one attached hydrogen (secondary N) is 1. The summed E-state index contributed by atoms with van der Waals surface area (Å²) >= 11 is 0. The van der Waals surface area contributed by atoms with Gasteiger partial charge in [-0.1, -0.05) is 77.3 Å². The summed E-state index contributed by atoms with van der Waals surface area (Å²) in [4.78, 5) is 1.38. The Balaban J connectivity index is 0.00000353. The van der Waals surface area contributed by atoms with Gasteiger partial charge in [-0.2, -0.15) is 0 Å². The molecule has 6 rings (SSSR count). The lowest BCUT2D eigenvalue weighted by Crippen LogP contribution is -3.06. The average molecular weight is 682 g/mol. The van der Waals surface area contributed by atoms with E-state index in [1.165, 1.54) is 68.8 Å². The Hall–Kier alpha value is -2.55. The smallest absolute Gasteiger partial charge is 0.231 e. The second-order valence-corrected chi connectivity index (χ2v) is 12.6. The monoisotopic (exact) mass is 681 g/mol. The minimum absolute atomic E-state index is 0. The van der Waals surface area contributed by atoms with Gasteiger partial charge in [0.2, 0.25) is 6.79 Å². The summed E-state index contributed by atoms with van der Waals surface area (Å²) in [5.41, 5.74) is 10.6. The summed E-state index contributed by atoms with van der Waals surface area (Å²) in [5.74, 6) is 2.59. The van der Waals surface area contributed by atoms with Crippen molar-refractivity contribution in [1.82, 2.24) is 0 Å². The number of unbranched alkanes of at least 4 members (excludes halogenated alkanes) is 3. The number of benzene rings is 2. The van der Waals surface area contributed by atoms with Crippen LogP contribution in [0.4, 0.5) is 0 Å². The molecule has 0 radical (unpaired) electrons. The lowest BCUT2D eigenvalue weighted by atomic mass is 9.79. The highest BCUT2D eigenvalue weighted by atomic mass is 127. The van der Waals surface area contributed by atoms with Crippen molar-refractivity contribution in [2.75, 3.05) is 27.1 Å². The van der Waals surface area contributed by atoms with E-state index in [4.69, 9.17) is 18.9 Å². The molecule has 1 aliphatic carbocycles. The molecule has 0 saturated carbocycles. The first-order chi connectivity index (χ1) is 19.9. The molecule has 2 atom stereocenters. The molecule has 3 heterocycles. The zero-order valence-electron chi connectivity index (χ0n) is 25.6. The van der Waals surface area contributed by atoms with Crippen molar-refractivity contribution in [3.05, 3.63) is 99.5 Å². The Morgan fingerprint density at radius 2 is 1.74 bits per heavy atom. The highest BCUT2D eigenvalue weighted by molar-refractivity contribution is 5.77. The molecule has 2 aromatic carbocycles. The standard InChI is InChI=1S/C36H43NO4.HI/c1-6-7-8-9-18-39-35-30-22-37-17-16-25-20-32-33(41-23-40-32)21-28(25)34(37)29(27(30)14-15-31(35)38-5)19-24-10-12-26(13-11-24)36(2,3)4;/h10-15,20-22,35H,6-9,16-19,23H2,1-5H3;1H. The van der Waals surface area contributed by atoms with Gasteiger partial charge in [-0.25, -0.2) is 0 Å². The molecule has 4 aliphatic rings. The largest absolute Gasteiger partial charge is 1.00 e. The van der Waals surface area contributed by atoms with Gasteiger partial charge in [-0.05, 0) is 52.3 Å². The quantitative estimate of drug-likeness (QED) is 0.326. The molecular weight excluding hydrogens is 637 g/mol. The van der Waals surface area contributed by atoms with Gasteiger partial charge in [-0.15, -0.1) is 0 Å². The van der Waals surface area contributed by atoms with Crippen LogP contribution in [0.25, 0.3) is 5.70 Å². The zero-order valence-corrected chi connectivity index (χ0v) is 27.8. The Labute approximate surface area is 268 Å². The van der Waals surface area contributed by atoms with Crippen molar-refractivity contribution < 1.29 is 47.8 Å². The number of rotatable bonds is 9. The summed E-state index contributed by atoms with van der Waals surface area (Å²) in [6, 6.07) is 13.6. The van der Waals surface area contributed by atoms with E-state index >= 15 is 0 Å². The maximum atomic E-state index is 6.59. The van der Waals surface area contributed by atoms with Crippen LogP contribution >= 0.6 is 0 Å². The number of methoxy groups -OCH3 is 1. The molecule has 0 aromatic heterocycles. The molecule has 1 N–H and O–H groups in total. The Bertz CT molecular complexity index is 1430. The summed E-state index contributed by atoms with van der Waals surface area (Å²) in [6.07, 6.45) is 13.1. The summed E-state index contributed by atoms with van der Waals surface area (Å²) in [6.45, 7) is 11.1. The van der Waals surface area contributed by atoms with E-state index in [1.54, 1.807) is 7.11 Å². The van der Waals surface area contributed by atoms with E-state index in [1.807, 2.05) is 0 Å². The first-order valence-electron chi connectivity index (χ1n) is 15.3. The van der Waals surface area contributed by atoms with Gasteiger partial charge in [0.25, 0.3) is 0 Å². The van der Waals surface area contributed by atoms with E-state index in [0.717, 1.165) is 49.7 Å². The molecule has 0 amide bonds. The molecule has 2 aromatic rings. The van der Waals surface area contributed by atoms with Crippen LogP contribution in [0.2, 0.25) is 0 Å². The lowest BCUT2D eigenvalue weighted by molar-refractivity contribution is -0.771. The number of fused-ring (bicyclic) bond motifs is 5. The normalized spacial score (nSPS) is 20.5. The minimum Gasteiger partial charge on any atom is -1.00 e. The molecular formula is C36H44INO4. The molecule has 0 saturated heterocycles. The van der Waals surface area contributed by atoms with Gasteiger partial charge in [0.15, 0.2) is 11.5 Å². The van der Waals surface area contributed by atoms with Crippen molar-refractivity contribution in [1.29, 1.82) is 0 Å². The van der Waals surface area contributed by atoms with Crippen LogP contribution in [-0.4, -0.2) is 33.2 Å². The van der Waals surface area contributed by atoms with Gasteiger partial charge < -0.3 is 42.9 Å². The van der Waals surface area contributed by atoms with Crippen molar-refractivity contribution in [2.45, 2.75) is 77.7 Å². The Morgan fingerprint density at radius 1 is 0.976 bits per heavy atom. The van der Waals surface area contributed by atoms with Gasteiger partial charge in [0.05, 0.1) is 13.7 Å². The fourth-order valence-corrected chi connectivity index (χ4v) is 6.47. The molecule has 0 fully saturated rings. The fraction of sp³-hybridized carbons (Fsp3) is 0.444. The highest BCUT2D eigenvalue weighted by Gasteiger charge is 2.40. The van der Waals surface area contributed by atoms with Crippen LogP contribution in [0, 0.1) is 0 Å². The molecule has 224 valence electrons. The first kappa shape index (κ1) is 30.9.